The molecule has 2 aromatic heterocycles. The summed E-state index contributed by atoms with van der Waals surface area (Å²) in [5.74, 6) is 1.15. The molecular weight excluding hydrogens is 307 g/mol. The van der Waals surface area contributed by atoms with Gasteiger partial charge in [0.15, 0.2) is 0 Å². The molecule has 23 heavy (non-hydrogen) atoms. The van der Waals surface area contributed by atoms with Crippen LogP contribution in [0.15, 0.2) is 24.0 Å². The summed E-state index contributed by atoms with van der Waals surface area (Å²) in [7, 11) is 1.81. The summed E-state index contributed by atoms with van der Waals surface area (Å²) >= 11 is 0. The van der Waals surface area contributed by atoms with E-state index in [0.717, 1.165) is 17.3 Å². The molecule has 0 aliphatic heterocycles. The van der Waals surface area contributed by atoms with Crippen LogP contribution in [0.4, 0.5) is 13.2 Å². The van der Waals surface area contributed by atoms with Gasteiger partial charge in [-0.15, -0.1) is 0 Å². The van der Waals surface area contributed by atoms with Gasteiger partial charge in [0.25, 0.3) is 0 Å². The lowest BCUT2D eigenvalue weighted by molar-refractivity contribution is -0.0931. The van der Waals surface area contributed by atoms with Crippen molar-refractivity contribution in [3.63, 3.8) is 0 Å². The maximum atomic E-state index is 12.9. The second kappa shape index (κ2) is 5.72. The van der Waals surface area contributed by atoms with Gasteiger partial charge in [0.1, 0.15) is 11.6 Å². The highest BCUT2D eigenvalue weighted by Gasteiger charge is 2.36. The number of nitrogens with zero attached hydrogens (tertiary/aromatic N) is 3. The van der Waals surface area contributed by atoms with Crippen molar-refractivity contribution in [2.45, 2.75) is 25.9 Å². The fourth-order valence-corrected chi connectivity index (χ4v) is 2.75. The normalized spacial score (nSPS) is 14.4. The zero-order valence-corrected chi connectivity index (χ0v) is 12.8. The van der Waals surface area contributed by atoms with Gasteiger partial charge in [-0.1, -0.05) is 0 Å². The first-order valence-electron chi connectivity index (χ1n) is 7.32. The van der Waals surface area contributed by atoms with Crippen molar-refractivity contribution in [3.8, 4) is 17.1 Å². The molecule has 2 heterocycles. The number of hydrogen-bond acceptors (Lipinski definition) is 3. The highest BCUT2D eigenvalue weighted by Crippen LogP contribution is 2.37. The van der Waals surface area contributed by atoms with Crippen molar-refractivity contribution in [3.05, 3.63) is 35.4 Å². The van der Waals surface area contributed by atoms with Crippen LogP contribution in [-0.4, -0.2) is 27.3 Å². The fraction of sp³-hybridized carbons (Fsp3) is 0.375. The average Bonchev–Trinajstić information content (AvgIpc) is 2.84. The summed E-state index contributed by atoms with van der Waals surface area (Å²) in [5, 5.41) is 0. The first kappa shape index (κ1) is 15.6. The fourth-order valence-electron chi connectivity index (χ4n) is 2.75. The number of ether oxygens (including phenoxy) is 1. The van der Waals surface area contributed by atoms with E-state index < -0.39 is 11.7 Å². The molecule has 0 spiro atoms. The molecule has 0 N–H and O–H groups in total. The minimum Gasteiger partial charge on any atom is -0.491 e. The van der Waals surface area contributed by atoms with Gasteiger partial charge in [0.2, 0.25) is 0 Å². The maximum absolute atomic E-state index is 12.9. The molecule has 0 bridgehead atoms. The lowest BCUT2D eigenvalue weighted by Gasteiger charge is -2.16. The third kappa shape index (κ3) is 2.83. The Labute approximate surface area is 131 Å². The third-order valence-electron chi connectivity index (χ3n) is 3.88. The smallest absolute Gasteiger partial charge is 0.412 e. The molecule has 0 radical (unpaired) electrons. The van der Waals surface area contributed by atoms with E-state index >= 15 is 0 Å². The summed E-state index contributed by atoms with van der Waals surface area (Å²) < 4.78 is 46.1. The van der Waals surface area contributed by atoms with Crippen LogP contribution in [0, 0.1) is 0 Å². The van der Waals surface area contributed by atoms with Gasteiger partial charge in [-0.25, -0.2) is 4.98 Å². The van der Waals surface area contributed by atoms with Crippen LogP contribution >= 0.6 is 0 Å². The van der Waals surface area contributed by atoms with E-state index in [2.05, 4.69) is 9.97 Å². The maximum Gasteiger partial charge on any atom is 0.412 e. The van der Waals surface area contributed by atoms with Gasteiger partial charge in [0.05, 0.1) is 24.1 Å². The highest BCUT2D eigenvalue weighted by molar-refractivity contribution is 5.68. The molecule has 7 heteroatoms. The predicted molar refractivity (Wildman–Crippen MR) is 80.0 cm³/mol. The minimum absolute atomic E-state index is 0.0237. The monoisotopic (exact) mass is 323 g/mol. The van der Waals surface area contributed by atoms with Crippen molar-refractivity contribution in [1.82, 2.24) is 14.5 Å². The van der Waals surface area contributed by atoms with Crippen molar-refractivity contribution in [2.75, 3.05) is 6.61 Å². The molecule has 0 fully saturated rings. The van der Waals surface area contributed by atoms with Gasteiger partial charge in [-0.3, -0.25) is 4.98 Å². The van der Waals surface area contributed by atoms with Crippen LogP contribution in [0.2, 0.25) is 0 Å². The molecule has 2 aromatic rings. The number of halogens is 3. The Morgan fingerprint density at radius 3 is 2.78 bits per heavy atom. The first-order valence-corrected chi connectivity index (χ1v) is 7.32. The molecule has 0 atom stereocenters. The van der Waals surface area contributed by atoms with Crippen molar-refractivity contribution < 1.29 is 17.9 Å². The lowest BCUT2D eigenvalue weighted by atomic mass is 10.00. The number of alkyl halides is 3. The number of aromatic nitrogens is 3. The Balaban J connectivity index is 2.09. The molecule has 0 amide bonds. The van der Waals surface area contributed by atoms with Gasteiger partial charge in [-0.05, 0) is 31.9 Å². The Kier molecular flexibility index (Phi) is 3.87. The van der Waals surface area contributed by atoms with E-state index in [4.69, 9.17) is 4.74 Å². The van der Waals surface area contributed by atoms with E-state index in [-0.39, 0.29) is 6.42 Å². The average molecular weight is 323 g/mol. The van der Waals surface area contributed by atoms with E-state index in [9.17, 15) is 13.2 Å². The lowest BCUT2D eigenvalue weighted by Crippen LogP contribution is -2.16. The molecule has 0 unspecified atom stereocenters. The van der Waals surface area contributed by atoms with Gasteiger partial charge < -0.3 is 9.30 Å². The summed E-state index contributed by atoms with van der Waals surface area (Å²) in [6, 6.07) is 1.76. The van der Waals surface area contributed by atoms with E-state index in [1.165, 1.54) is 0 Å². The number of fused-ring (bicyclic) bond motifs is 1. The SMILES string of the molecule is CCOc1cnccc1-c1nc2c(n1C)CCC(C(F)(F)F)=C2. The molecule has 3 rings (SSSR count). The molecule has 122 valence electrons. The van der Waals surface area contributed by atoms with Gasteiger partial charge >= 0.3 is 6.18 Å². The number of rotatable bonds is 3. The quantitative estimate of drug-likeness (QED) is 0.863. The standard InChI is InChI=1S/C16H16F3N3O/c1-3-23-14-9-20-7-6-11(14)15-21-12-8-10(16(17,18)19)4-5-13(12)22(15)2/h6-9H,3-5H2,1-2H3. The molecule has 0 saturated carbocycles. The Bertz CT molecular complexity index is 762. The third-order valence-corrected chi connectivity index (χ3v) is 3.88. The summed E-state index contributed by atoms with van der Waals surface area (Å²) in [5.41, 5.74) is 1.36. The van der Waals surface area contributed by atoms with Crippen LogP contribution in [-0.2, 0) is 13.5 Å². The number of imidazole rings is 1. The van der Waals surface area contributed by atoms with Crippen LogP contribution in [0.3, 0.4) is 0 Å². The van der Waals surface area contributed by atoms with Crippen molar-refractivity contribution in [1.29, 1.82) is 0 Å². The number of pyridine rings is 1. The van der Waals surface area contributed by atoms with E-state index in [0.29, 0.717) is 30.3 Å². The molecule has 0 aromatic carbocycles. The molecule has 1 aliphatic carbocycles. The largest absolute Gasteiger partial charge is 0.491 e. The molecule has 1 aliphatic rings. The Morgan fingerprint density at radius 1 is 1.30 bits per heavy atom. The number of hydrogen-bond donors (Lipinski definition) is 0. The Morgan fingerprint density at radius 2 is 2.09 bits per heavy atom. The zero-order chi connectivity index (χ0) is 16.6. The van der Waals surface area contributed by atoms with Crippen molar-refractivity contribution in [2.24, 2.45) is 7.05 Å². The van der Waals surface area contributed by atoms with E-state index in [1.54, 1.807) is 18.5 Å². The summed E-state index contributed by atoms with van der Waals surface area (Å²) in [6.45, 7) is 2.33. The molecular formula is C16H16F3N3O. The molecule has 4 nitrogen and oxygen atoms in total. The summed E-state index contributed by atoms with van der Waals surface area (Å²) in [6.07, 6.45) is 0.335. The van der Waals surface area contributed by atoms with Crippen LogP contribution in [0.25, 0.3) is 17.5 Å². The van der Waals surface area contributed by atoms with E-state index in [1.807, 2.05) is 18.5 Å². The van der Waals surface area contributed by atoms with Gasteiger partial charge in [-0.2, -0.15) is 13.2 Å². The second-order valence-corrected chi connectivity index (χ2v) is 5.30. The van der Waals surface area contributed by atoms with Crippen LogP contribution in [0.5, 0.6) is 5.75 Å². The predicted octanol–water partition coefficient (Wildman–Crippen LogP) is 3.77. The highest BCUT2D eigenvalue weighted by atomic mass is 19.4. The zero-order valence-electron chi connectivity index (χ0n) is 12.8. The van der Waals surface area contributed by atoms with Crippen molar-refractivity contribution >= 4 is 6.08 Å². The second-order valence-electron chi connectivity index (χ2n) is 5.30. The Hall–Kier alpha value is -2.31. The number of allylic oxidation sites excluding steroid dienone is 1. The van der Waals surface area contributed by atoms with Crippen LogP contribution < -0.4 is 4.74 Å². The summed E-state index contributed by atoms with van der Waals surface area (Å²) in [4.78, 5) is 8.43. The first-order chi connectivity index (χ1) is 10.9. The molecule has 0 saturated heterocycles. The van der Waals surface area contributed by atoms with Gasteiger partial charge in [0, 0.05) is 24.5 Å². The minimum atomic E-state index is -4.30. The van der Waals surface area contributed by atoms with Crippen LogP contribution in [0.1, 0.15) is 24.7 Å². The topological polar surface area (TPSA) is 39.9 Å².